The summed E-state index contributed by atoms with van der Waals surface area (Å²) in [5, 5.41) is 8.14. The Balaban J connectivity index is 1.84. The Labute approximate surface area is 169 Å². The first-order valence-corrected chi connectivity index (χ1v) is 10.4. The Bertz CT molecular complexity index is 1090. The first-order chi connectivity index (χ1) is 13.7. The van der Waals surface area contributed by atoms with Crippen molar-refractivity contribution in [3.05, 3.63) is 54.1 Å². The van der Waals surface area contributed by atoms with Gasteiger partial charge in [-0.2, -0.15) is 5.10 Å². The maximum Gasteiger partial charge on any atom is 0.271 e. The molecule has 2 aromatic rings. The molecule has 2 amide bonds. The number of carbonyl (C=O) groups is 2. The summed E-state index contributed by atoms with van der Waals surface area (Å²) in [4.78, 5) is 25.0. The van der Waals surface area contributed by atoms with Crippen LogP contribution in [0, 0.1) is 6.92 Å². The van der Waals surface area contributed by atoms with Crippen LogP contribution in [0.1, 0.15) is 18.4 Å². The molecule has 1 aliphatic heterocycles. The van der Waals surface area contributed by atoms with Crippen molar-refractivity contribution in [2.45, 2.75) is 24.7 Å². The molecule has 0 unspecified atom stereocenters. The average molecular weight is 414 g/mol. The topological polar surface area (TPSA) is 99.2 Å². The summed E-state index contributed by atoms with van der Waals surface area (Å²) < 4.78 is 25.7. The number of sulfonamides is 1. The van der Waals surface area contributed by atoms with E-state index in [1.165, 1.54) is 31.2 Å². The van der Waals surface area contributed by atoms with Gasteiger partial charge in [-0.15, -0.1) is 0 Å². The van der Waals surface area contributed by atoms with Gasteiger partial charge >= 0.3 is 0 Å². The van der Waals surface area contributed by atoms with Gasteiger partial charge in [0.05, 0.1) is 10.6 Å². The van der Waals surface area contributed by atoms with Crippen LogP contribution in [-0.2, 0) is 19.6 Å². The number of aryl methyl sites for hydroxylation is 1. The predicted octanol–water partition coefficient (Wildman–Crippen LogP) is 2.37. The SMILES string of the molecule is Cc1cccc(N2N=C(C(=O)Nc3cccc(S(=O)(=O)N(C)C)c3)CCC2=O)c1. The van der Waals surface area contributed by atoms with Gasteiger partial charge in [-0.05, 0) is 42.8 Å². The summed E-state index contributed by atoms with van der Waals surface area (Å²) in [6.45, 7) is 1.91. The van der Waals surface area contributed by atoms with E-state index in [1.54, 1.807) is 18.2 Å². The molecule has 9 heteroatoms. The summed E-state index contributed by atoms with van der Waals surface area (Å²) in [7, 11) is -0.740. The number of carbonyl (C=O) groups excluding carboxylic acids is 2. The lowest BCUT2D eigenvalue weighted by atomic mass is 10.1. The van der Waals surface area contributed by atoms with E-state index in [2.05, 4.69) is 10.4 Å². The zero-order valence-corrected chi connectivity index (χ0v) is 17.2. The molecule has 0 fully saturated rings. The monoisotopic (exact) mass is 414 g/mol. The van der Waals surface area contributed by atoms with E-state index in [4.69, 9.17) is 0 Å². The van der Waals surface area contributed by atoms with E-state index in [9.17, 15) is 18.0 Å². The van der Waals surface area contributed by atoms with Crippen molar-refractivity contribution >= 4 is 38.9 Å². The van der Waals surface area contributed by atoms with Crippen LogP contribution < -0.4 is 10.3 Å². The molecular weight excluding hydrogens is 392 g/mol. The fourth-order valence-corrected chi connectivity index (χ4v) is 3.77. The predicted molar refractivity (Wildman–Crippen MR) is 111 cm³/mol. The Morgan fingerprint density at radius 1 is 1.10 bits per heavy atom. The molecule has 0 saturated heterocycles. The van der Waals surface area contributed by atoms with Crippen molar-refractivity contribution in [1.29, 1.82) is 0 Å². The number of nitrogens with one attached hydrogen (secondary N) is 1. The minimum absolute atomic E-state index is 0.0717. The second kappa shape index (κ2) is 8.14. The highest BCUT2D eigenvalue weighted by Gasteiger charge is 2.26. The molecule has 2 aromatic carbocycles. The molecule has 1 heterocycles. The number of anilines is 2. The average Bonchev–Trinajstić information content (AvgIpc) is 2.68. The second-order valence-corrected chi connectivity index (χ2v) is 9.01. The van der Waals surface area contributed by atoms with Crippen LogP contribution >= 0.6 is 0 Å². The number of hydrogen-bond acceptors (Lipinski definition) is 5. The van der Waals surface area contributed by atoms with Gasteiger partial charge in [0, 0.05) is 32.6 Å². The molecule has 0 aromatic heterocycles. The third-order valence-electron chi connectivity index (χ3n) is 4.41. The van der Waals surface area contributed by atoms with Crippen LogP contribution in [0.3, 0.4) is 0 Å². The molecule has 8 nitrogen and oxygen atoms in total. The van der Waals surface area contributed by atoms with Crippen LogP contribution in [0.15, 0.2) is 58.5 Å². The third-order valence-corrected chi connectivity index (χ3v) is 6.22. The number of rotatable bonds is 5. The molecule has 0 aliphatic carbocycles. The molecule has 0 bridgehead atoms. The highest BCUT2D eigenvalue weighted by Crippen LogP contribution is 2.22. The van der Waals surface area contributed by atoms with E-state index >= 15 is 0 Å². The molecule has 3 rings (SSSR count). The maximum atomic E-state index is 12.7. The van der Waals surface area contributed by atoms with Crippen molar-refractivity contribution in [3.63, 3.8) is 0 Å². The second-order valence-electron chi connectivity index (χ2n) is 6.86. The Kier molecular flexibility index (Phi) is 5.81. The lowest BCUT2D eigenvalue weighted by molar-refractivity contribution is -0.118. The maximum absolute atomic E-state index is 12.7. The van der Waals surface area contributed by atoms with E-state index in [0.717, 1.165) is 9.87 Å². The summed E-state index contributed by atoms with van der Waals surface area (Å²) in [6.07, 6.45) is 0.373. The van der Waals surface area contributed by atoms with Gasteiger partial charge in [0.25, 0.3) is 5.91 Å². The van der Waals surface area contributed by atoms with E-state index < -0.39 is 15.9 Å². The molecular formula is C20H22N4O4S. The largest absolute Gasteiger partial charge is 0.321 e. The molecule has 0 saturated carbocycles. The normalized spacial score (nSPS) is 14.7. The molecule has 0 atom stereocenters. The summed E-state index contributed by atoms with van der Waals surface area (Å²) >= 11 is 0. The van der Waals surface area contributed by atoms with Gasteiger partial charge in [-0.1, -0.05) is 18.2 Å². The third kappa shape index (κ3) is 4.52. The van der Waals surface area contributed by atoms with E-state index in [1.807, 2.05) is 25.1 Å². The summed E-state index contributed by atoms with van der Waals surface area (Å²) in [6, 6.07) is 13.3. The number of hydrazone groups is 1. The number of benzene rings is 2. The van der Waals surface area contributed by atoms with Crippen molar-refractivity contribution in [3.8, 4) is 0 Å². The van der Waals surface area contributed by atoms with E-state index in [0.29, 0.717) is 11.4 Å². The Morgan fingerprint density at radius 2 is 1.83 bits per heavy atom. The van der Waals surface area contributed by atoms with Crippen LogP contribution in [0.25, 0.3) is 0 Å². The first kappa shape index (κ1) is 20.7. The zero-order valence-electron chi connectivity index (χ0n) is 16.4. The quantitative estimate of drug-likeness (QED) is 0.812. The van der Waals surface area contributed by atoms with Gasteiger partial charge in [0.15, 0.2) is 0 Å². The molecule has 0 spiro atoms. The van der Waals surface area contributed by atoms with Crippen molar-refractivity contribution in [2.75, 3.05) is 24.4 Å². The fourth-order valence-electron chi connectivity index (χ4n) is 2.83. The first-order valence-electron chi connectivity index (χ1n) is 8.99. The smallest absolute Gasteiger partial charge is 0.271 e. The molecule has 1 aliphatic rings. The fraction of sp³-hybridized carbons (Fsp3) is 0.250. The van der Waals surface area contributed by atoms with Crippen molar-refractivity contribution < 1.29 is 18.0 Å². The van der Waals surface area contributed by atoms with E-state index in [-0.39, 0.29) is 29.4 Å². The van der Waals surface area contributed by atoms with Crippen molar-refractivity contribution in [2.24, 2.45) is 5.10 Å². The molecule has 29 heavy (non-hydrogen) atoms. The van der Waals surface area contributed by atoms with Crippen LogP contribution in [0.5, 0.6) is 0 Å². The van der Waals surface area contributed by atoms with Gasteiger partial charge in [0.1, 0.15) is 5.71 Å². The summed E-state index contributed by atoms with van der Waals surface area (Å²) in [5.74, 6) is -0.666. The molecule has 1 N–H and O–H groups in total. The van der Waals surface area contributed by atoms with Gasteiger partial charge in [-0.25, -0.2) is 17.7 Å². The van der Waals surface area contributed by atoms with Gasteiger partial charge in [-0.3, -0.25) is 9.59 Å². The highest BCUT2D eigenvalue weighted by molar-refractivity contribution is 7.89. The van der Waals surface area contributed by atoms with Gasteiger partial charge in [0.2, 0.25) is 15.9 Å². The van der Waals surface area contributed by atoms with Crippen LogP contribution in [0.4, 0.5) is 11.4 Å². The number of nitrogens with zero attached hydrogens (tertiary/aromatic N) is 3. The highest BCUT2D eigenvalue weighted by atomic mass is 32.2. The van der Waals surface area contributed by atoms with Crippen LogP contribution in [-0.4, -0.2) is 44.3 Å². The molecule has 152 valence electrons. The zero-order chi connectivity index (χ0) is 21.2. The standard InChI is InChI=1S/C20H22N4O4S/c1-14-6-4-8-16(12-14)24-19(25)11-10-18(22-24)20(26)21-15-7-5-9-17(13-15)29(27,28)23(2)3/h4-9,12-13H,10-11H2,1-3H3,(H,21,26). The minimum atomic E-state index is -3.62. The number of amides is 2. The lowest BCUT2D eigenvalue weighted by Crippen LogP contribution is -2.36. The summed E-state index contributed by atoms with van der Waals surface area (Å²) in [5.41, 5.74) is 2.10. The Hall–Kier alpha value is -3.04. The van der Waals surface area contributed by atoms with Gasteiger partial charge < -0.3 is 5.32 Å². The lowest BCUT2D eigenvalue weighted by Gasteiger charge is -2.23. The minimum Gasteiger partial charge on any atom is -0.321 e. The van der Waals surface area contributed by atoms with Crippen molar-refractivity contribution in [1.82, 2.24) is 4.31 Å². The number of hydrogen-bond donors (Lipinski definition) is 1. The van der Waals surface area contributed by atoms with Crippen LogP contribution in [0.2, 0.25) is 0 Å². The molecule has 0 radical (unpaired) electrons. The Morgan fingerprint density at radius 3 is 2.52 bits per heavy atom.